The van der Waals surface area contributed by atoms with Gasteiger partial charge >= 0.3 is 5.69 Å². The van der Waals surface area contributed by atoms with Crippen LogP contribution in [0.1, 0.15) is 84.7 Å². The van der Waals surface area contributed by atoms with E-state index >= 15 is 0 Å². The average molecular weight is 893 g/mol. The number of aryl methyl sites for hydroxylation is 2. The quantitative estimate of drug-likeness (QED) is 0.0500. The predicted octanol–water partition coefficient (Wildman–Crippen LogP) is 5.81. The van der Waals surface area contributed by atoms with Crippen molar-refractivity contribution < 1.29 is 37.1 Å². The number of hydrogen-bond acceptors (Lipinski definition) is 12. The molecule has 2 aromatic carbocycles. The summed E-state index contributed by atoms with van der Waals surface area (Å²) in [6.45, 7) is 3.31. The molecule has 0 radical (unpaired) electrons. The van der Waals surface area contributed by atoms with E-state index in [9.17, 15) is 28.0 Å². The number of nitrogens with zero attached hydrogens (tertiary/aromatic N) is 6. The van der Waals surface area contributed by atoms with Crippen LogP contribution in [0.2, 0.25) is 0 Å². The number of imidazole rings is 1. The molecule has 5 heterocycles. The number of piperidine rings is 1. The van der Waals surface area contributed by atoms with Gasteiger partial charge in [-0.2, -0.15) is 5.10 Å². The fourth-order valence-electron chi connectivity index (χ4n) is 8.33. The Balaban J connectivity index is 0.711. The highest BCUT2D eigenvalue weighted by atomic mass is 19.3. The number of nitrogens with one attached hydrogen (secondary N) is 4. The highest BCUT2D eigenvalue weighted by molar-refractivity contribution is 6.03. The van der Waals surface area contributed by atoms with Crippen molar-refractivity contribution in [3.8, 4) is 17.1 Å². The van der Waals surface area contributed by atoms with Crippen molar-refractivity contribution in [1.29, 1.82) is 0 Å². The van der Waals surface area contributed by atoms with E-state index in [0.29, 0.717) is 67.9 Å². The minimum absolute atomic E-state index is 0.0701. The highest BCUT2D eigenvalue weighted by Gasteiger charge is 2.43. The molecule has 6 aromatic rings. The third kappa shape index (κ3) is 9.76. The smallest absolute Gasteiger partial charge is 0.329 e. The first-order valence-electron chi connectivity index (χ1n) is 22.0. The number of oxazole rings is 1. The van der Waals surface area contributed by atoms with Gasteiger partial charge in [-0.25, -0.2) is 28.2 Å². The number of ether oxygens (including phenoxy) is 2. The number of para-hydroxylation sites is 1. The van der Waals surface area contributed by atoms with Crippen molar-refractivity contribution in [1.82, 2.24) is 39.5 Å². The Morgan fingerprint density at radius 2 is 1.82 bits per heavy atom. The molecular formula is C46H50F2N10O7. The minimum atomic E-state index is -2.94. The van der Waals surface area contributed by atoms with E-state index in [1.165, 1.54) is 34.6 Å². The Bertz CT molecular complexity index is 2750. The van der Waals surface area contributed by atoms with Gasteiger partial charge in [0.05, 0.1) is 48.4 Å². The summed E-state index contributed by atoms with van der Waals surface area (Å²) in [5.41, 5.74) is 3.38. The first-order valence-corrected chi connectivity index (χ1v) is 22.0. The van der Waals surface area contributed by atoms with Gasteiger partial charge in [-0.1, -0.05) is 24.3 Å². The second-order valence-corrected chi connectivity index (χ2v) is 16.8. The van der Waals surface area contributed by atoms with Gasteiger partial charge in [-0.15, -0.1) is 0 Å². The lowest BCUT2D eigenvalue weighted by molar-refractivity contribution is -0.135. The molecule has 3 aliphatic rings. The van der Waals surface area contributed by atoms with E-state index < -0.39 is 30.0 Å². The fraction of sp³-hybridized carbons (Fsp3) is 0.413. The van der Waals surface area contributed by atoms with Crippen LogP contribution >= 0.6 is 0 Å². The van der Waals surface area contributed by atoms with Crippen LogP contribution in [0.4, 0.5) is 20.3 Å². The monoisotopic (exact) mass is 892 g/mol. The molecule has 65 heavy (non-hydrogen) atoms. The van der Waals surface area contributed by atoms with Gasteiger partial charge in [0.15, 0.2) is 11.4 Å². The molecule has 1 saturated heterocycles. The lowest BCUT2D eigenvalue weighted by Gasteiger charge is -2.21. The molecule has 3 fully saturated rings. The number of benzene rings is 2. The second kappa shape index (κ2) is 18.9. The van der Waals surface area contributed by atoms with Crippen molar-refractivity contribution in [3.05, 3.63) is 106 Å². The maximum absolute atomic E-state index is 14.1. The number of amides is 3. The number of carbonyl (C=O) groups is 3. The Labute approximate surface area is 371 Å². The molecule has 0 spiro atoms. The molecule has 2 saturated carbocycles. The Morgan fingerprint density at radius 3 is 2.57 bits per heavy atom. The summed E-state index contributed by atoms with van der Waals surface area (Å²) in [7, 11) is 1.70. The molecule has 9 rings (SSSR count). The Kier molecular flexibility index (Phi) is 12.7. The van der Waals surface area contributed by atoms with Gasteiger partial charge < -0.3 is 29.8 Å². The predicted molar refractivity (Wildman–Crippen MR) is 235 cm³/mol. The number of anilines is 2. The first kappa shape index (κ1) is 43.7. The molecule has 1 aliphatic heterocycles. The van der Waals surface area contributed by atoms with E-state index in [1.54, 1.807) is 29.9 Å². The first-order chi connectivity index (χ1) is 31.6. The molecule has 340 valence electrons. The molecule has 2 aliphatic carbocycles. The number of halogens is 2. The van der Waals surface area contributed by atoms with Crippen molar-refractivity contribution in [2.45, 2.75) is 69.4 Å². The molecule has 19 heteroatoms. The zero-order valence-corrected chi connectivity index (χ0v) is 35.9. The third-order valence-corrected chi connectivity index (χ3v) is 12.2. The number of carbonyl (C=O) groups excluding carboxylic acids is 3. The zero-order chi connectivity index (χ0) is 45.1. The molecule has 0 bridgehead atoms. The summed E-state index contributed by atoms with van der Waals surface area (Å²) in [5, 5.41) is 15.9. The highest BCUT2D eigenvalue weighted by Crippen LogP contribution is 2.45. The van der Waals surface area contributed by atoms with Crippen molar-refractivity contribution in [2.24, 2.45) is 13.0 Å². The number of alkyl halides is 2. The topological polar surface area (TPSA) is 201 Å². The van der Waals surface area contributed by atoms with Crippen molar-refractivity contribution in [2.75, 3.05) is 50.2 Å². The molecule has 1 unspecified atom stereocenters. The van der Waals surface area contributed by atoms with Crippen LogP contribution in [0.3, 0.4) is 0 Å². The van der Waals surface area contributed by atoms with Gasteiger partial charge in [0.2, 0.25) is 17.7 Å². The molecule has 1 atom stereocenters. The summed E-state index contributed by atoms with van der Waals surface area (Å²) in [4.78, 5) is 59.2. The van der Waals surface area contributed by atoms with Gasteiger partial charge in [0.25, 0.3) is 12.3 Å². The number of fused-ring (bicyclic) bond motifs is 1. The molecule has 3 amide bonds. The largest absolute Gasteiger partial charge is 0.444 e. The van der Waals surface area contributed by atoms with Crippen LogP contribution in [0, 0.1) is 5.92 Å². The average Bonchev–Trinajstić information content (AvgIpc) is 4.18. The molecule has 17 nitrogen and oxygen atoms in total. The Morgan fingerprint density at radius 1 is 1.02 bits per heavy atom. The maximum atomic E-state index is 14.1. The van der Waals surface area contributed by atoms with Crippen LogP contribution < -0.4 is 27.0 Å². The van der Waals surface area contributed by atoms with E-state index in [1.807, 2.05) is 42.5 Å². The summed E-state index contributed by atoms with van der Waals surface area (Å²) in [5.74, 6) is 0.0373. The number of hydrogen-bond donors (Lipinski definition) is 4. The van der Waals surface area contributed by atoms with Gasteiger partial charge in [-0.05, 0) is 92.3 Å². The standard InChI is InChI=1S/C46H50F2N10O7/c1-56-40-29(4-2-6-35(40)58(45(56)62)36-13-14-38(59)54-43(36)61)5-3-20-63-22-23-64-21-19-51-46(16-17-46)31-9-11-32(12-10-31)57-26-33(39(55-57)41(47)48)52-42(60)34-27-65-44(53-34)30-15-18-49-37(24-30)50-25-28-7-8-28/h2,4,6,9-12,15,18,24,26-28,36,41,51H,3,5,7-8,13-14,16-17,19-23,25H2,1H3,(H,49,50)(H,52,60)(H,54,59,61). The maximum Gasteiger partial charge on any atom is 0.329 e. The Hall–Kier alpha value is -6.57. The van der Waals surface area contributed by atoms with E-state index in [0.717, 1.165) is 42.5 Å². The van der Waals surface area contributed by atoms with Gasteiger partial charge in [0, 0.05) is 50.5 Å². The number of rotatable bonds is 21. The zero-order valence-electron chi connectivity index (χ0n) is 35.9. The SMILES string of the molecule is Cn1c(=O)n(C2CCC(=O)NC2=O)c2cccc(CCCOCCOCCNC3(c4ccc(-n5cc(NC(=O)c6coc(-c7ccnc(NCC8CC8)c7)n6)c(C(F)F)n5)cc4)CC3)c21. The lowest BCUT2D eigenvalue weighted by atomic mass is 10.0. The third-order valence-electron chi connectivity index (χ3n) is 12.2. The number of aromatic nitrogens is 6. The van der Waals surface area contributed by atoms with Crippen LogP contribution in [-0.2, 0) is 38.1 Å². The minimum Gasteiger partial charge on any atom is -0.444 e. The summed E-state index contributed by atoms with van der Waals surface area (Å²) >= 11 is 0. The summed E-state index contributed by atoms with van der Waals surface area (Å²) in [6, 6.07) is 16.0. The summed E-state index contributed by atoms with van der Waals surface area (Å²) in [6.07, 6.45) is 7.39. The second-order valence-electron chi connectivity index (χ2n) is 16.8. The van der Waals surface area contributed by atoms with Gasteiger partial charge in [0.1, 0.15) is 18.1 Å². The molecular weight excluding hydrogens is 843 g/mol. The van der Waals surface area contributed by atoms with Crippen molar-refractivity contribution >= 4 is 40.3 Å². The van der Waals surface area contributed by atoms with E-state index in [-0.39, 0.29) is 47.2 Å². The van der Waals surface area contributed by atoms with Crippen LogP contribution in [0.25, 0.3) is 28.2 Å². The fourth-order valence-corrected chi connectivity index (χ4v) is 8.33. The number of imide groups is 1. The van der Waals surface area contributed by atoms with Crippen LogP contribution in [0.5, 0.6) is 0 Å². The van der Waals surface area contributed by atoms with E-state index in [2.05, 4.69) is 36.3 Å². The summed E-state index contributed by atoms with van der Waals surface area (Å²) < 4.78 is 49.9. The molecule has 4 N–H and O–H groups in total. The lowest BCUT2D eigenvalue weighted by Crippen LogP contribution is -2.44. The van der Waals surface area contributed by atoms with Crippen molar-refractivity contribution in [3.63, 3.8) is 0 Å². The molecule has 4 aromatic heterocycles. The number of pyridine rings is 1. The van der Waals surface area contributed by atoms with Crippen LogP contribution in [-0.4, -0.2) is 86.1 Å². The van der Waals surface area contributed by atoms with Crippen LogP contribution in [0.15, 0.2) is 82.5 Å². The van der Waals surface area contributed by atoms with E-state index in [4.69, 9.17) is 13.9 Å². The van der Waals surface area contributed by atoms with Gasteiger partial charge in [-0.3, -0.25) is 28.8 Å². The normalized spacial score (nSPS) is 16.9.